The minimum atomic E-state index is -0.483. The monoisotopic (exact) mass is 331 g/mol. The molecule has 0 aliphatic carbocycles. The lowest BCUT2D eigenvalue weighted by atomic mass is 9.95. The van der Waals surface area contributed by atoms with E-state index in [9.17, 15) is 9.59 Å². The van der Waals surface area contributed by atoms with E-state index in [0.29, 0.717) is 13.1 Å². The molecule has 1 aliphatic heterocycles. The Labute approximate surface area is 145 Å². The first-order valence-corrected chi connectivity index (χ1v) is 8.63. The molecule has 1 unspecified atom stereocenters. The molecule has 0 saturated carbocycles. The van der Waals surface area contributed by atoms with Gasteiger partial charge in [0.2, 0.25) is 11.8 Å². The van der Waals surface area contributed by atoms with E-state index in [1.54, 1.807) is 6.92 Å². The lowest BCUT2D eigenvalue weighted by Crippen LogP contribution is -2.54. The molecule has 1 atom stereocenters. The fraction of sp³-hybridized carbons (Fsp3) is 0.579. The van der Waals surface area contributed by atoms with E-state index in [1.807, 2.05) is 31.7 Å². The number of carbonyl (C=O) groups excluding carboxylic acids is 2. The molecular formula is C19H29N3O2. The van der Waals surface area contributed by atoms with Crippen LogP contribution in [-0.4, -0.2) is 53.8 Å². The van der Waals surface area contributed by atoms with Gasteiger partial charge < -0.3 is 10.2 Å². The molecule has 1 heterocycles. The zero-order valence-electron chi connectivity index (χ0n) is 15.2. The smallest absolute Gasteiger partial charge is 0.244 e. The third-order valence-corrected chi connectivity index (χ3v) is 4.33. The number of hydrogen-bond acceptors (Lipinski definition) is 3. The molecule has 0 aromatic heterocycles. The van der Waals surface area contributed by atoms with Gasteiger partial charge in [0.25, 0.3) is 0 Å². The average molecular weight is 331 g/mol. The molecule has 5 heteroatoms. The van der Waals surface area contributed by atoms with E-state index in [-0.39, 0.29) is 11.8 Å². The van der Waals surface area contributed by atoms with Crippen LogP contribution >= 0.6 is 0 Å². The van der Waals surface area contributed by atoms with Gasteiger partial charge >= 0.3 is 0 Å². The van der Waals surface area contributed by atoms with Crippen molar-refractivity contribution in [3.63, 3.8) is 0 Å². The molecule has 1 aromatic carbocycles. The summed E-state index contributed by atoms with van der Waals surface area (Å²) in [5.41, 5.74) is 0.811. The number of carbonyl (C=O) groups is 2. The molecule has 1 aromatic rings. The maximum absolute atomic E-state index is 12.5. The van der Waals surface area contributed by atoms with Crippen molar-refractivity contribution in [1.82, 2.24) is 15.1 Å². The van der Waals surface area contributed by atoms with Crippen LogP contribution < -0.4 is 5.32 Å². The second-order valence-corrected chi connectivity index (χ2v) is 7.53. The van der Waals surface area contributed by atoms with Gasteiger partial charge in [-0.1, -0.05) is 51.1 Å². The van der Waals surface area contributed by atoms with E-state index >= 15 is 0 Å². The summed E-state index contributed by atoms with van der Waals surface area (Å²) >= 11 is 0. The van der Waals surface area contributed by atoms with Gasteiger partial charge in [0.05, 0.1) is 0 Å². The van der Waals surface area contributed by atoms with Crippen LogP contribution in [0.25, 0.3) is 0 Å². The molecule has 1 N–H and O–H groups in total. The minimum Gasteiger partial charge on any atom is -0.344 e. The summed E-state index contributed by atoms with van der Waals surface area (Å²) < 4.78 is 0. The molecule has 2 amide bonds. The van der Waals surface area contributed by atoms with E-state index in [2.05, 4.69) is 34.5 Å². The van der Waals surface area contributed by atoms with Crippen LogP contribution in [0.5, 0.6) is 0 Å². The third kappa shape index (κ3) is 5.06. The summed E-state index contributed by atoms with van der Waals surface area (Å²) in [5, 5.41) is 2.82. The van der Waals surface area contributed by atoms with Crippen molar-refractivity contribution in [1.29, 1.82) is 0 Å². The van der Waals surface area contributed by atoms with Gasteiger partial charge in [-0.2, -0.15) is 0 Å². The summed E-state index contributed by atoms with van der Waals surface area (Å²) in [5.74, 6) is -0.0852. The number of rotatable bonds is 4. The van der Waals surface area contributed by atoms with Crippen LogP contribution in [0.4, 0.5) is 0 Å². The molecule has 1 saturated heterocycles. The fourth-order valence-electron chi connectivity index (χ4n) is 2.72. The van der Waals surface area contributed by atoms with Crippen molar-refractivity contribution in [2.75, 3.05) is 26.2 Å². The van der Waals surface area contributed by atoms with Gasteiger partial charge in [-0.15, -0.1) is 0 Å². The van der Waals surface area contributed by atoms with Crippen LogP contribution in [0, 0.1) is 5.41 Å². The number of amides is 2. The number of nitrogens with one attached hydrogen (secondary N) is 1. The summed E-state index contributed by atoms with van der Waals surface area (Å²) in [4.78, 5) is 28.8. The number of benzene rings is 1. The largest absolute Gasteiger partial charge is 0.344 e. The molecule has 24 heavy (non-hydrogen) atoms. The lowest BCUT2D eigenvalue weighted by molar-refractivity contribution is -0.139. The van der Waals surface area contributed by atoms with E-state index in [0.717, 1.165) is 19.6 Å². The molecule has 132 valence electrons. The van der Waals surface area contributed by atoms with Crippen molar-refractivity contribution in [2.24, 2.45) is 5.41 Å². The topological polar surface area (TPSA) is 52.7 Å². The predicted molar refractivity (Wildman–Crippen MR) is 95.4 cm³/mol. The van der Waals surface area contributed by atoms with Crippen LogP contribution in [-0.2, 0) is 16.1 Å². The van der Waals surface area contributed by atoms with Crippen molar-refractivity contribution >= 4 is 11.8 Å². The average Bonchev–Trinajstić information content (AvgIpc) is 2.55. The molecule has 0 radical (unpaired) electrons. The van der Waals surface area contributed by atoms with Crippen LogP contribution in [0.3, 0.4) is 0 Å². The maximum Gasteiger partial charge on any atom is 0.244 e. The zero-order valence-corrected chi connectivity index (χ0v) is 15.2. The number of nitrogens with zero attached hydrogens (tertiary/aromatic N) is 2. The van der Waals surface area contributed by atoms with Gasteiger partial charge in [0.1, 0.15) is 6.04 Å². The molecule has 5 nitrogen and oxygen atoms in total. The molecule has 2 rings (SSSR count). The SMILES string of the molecule is CC(NC(=O)C(C)(C)C)C(=O)N1CCN(Cc2ccccc2)CC1. The predicted octanol–water partition coefficient (Wildman–Crippen LogP) is 1.88. The number of hydrogen-bond donors (Lipinski definition) is 1. The number of piperazine rings is 1. The Kier molecular flexibility index (Phi) is 5.99. The highest BCUT2D eigenvalue weighted by molar-refractivity contribution is 5.89. The first-order valence-electron chi connectivity index (χ1n) is 8.63. The Morgan fingerprint density at radius 3 is 2.21 bits per heavy atom. The van der Waals surface area contributed by atoms with Crippen LogP contribution in [0.1, 0.15) is 33.3 Å². The summed E-state index contributed by atoms with van der Waals surface area (Å²) in [6, 6.07) is 9.90. The highest BCUT2D eigenvalue weighted by atomic mass is 16.2. The van der Waals surface area contributed by atoms with Crippen LogP contribution in [0.15, 0.2) is 30.3 Å². The fourth-order valence-corrected chi connectivity index (χ4v) is 2.72. The van der Waals surface area contributed by atoms with E-state index in [1.165, 1.54) is 5.56 Å². The summed E-state index contributed by atoms with van der Waals surface area (Å²) in [6.45, 7) is 11.4. The molecular weight excluding hydrogens is 302 g/mol. The van der Waals surface area contributed by atoms with Crippen molar-refractivity contribution < 1.29 is 9.59 Å². The van der Waals surface area contributed by atoms with E-state index in [4.69, 9.17) is 0 Å². The van der Waals surface area contributed by atoms with Gasteiger partial charge in [-0.3, -0.25) is 14.5 Å². The normalized spacial score (nSPS) is 17.4. The second kappa shape index (κ2) is 7.79. The highest BCUT2D eigenvalue weighted by Gasteiger charge is 2.29. The quantitative estimate of drug-likeness (QED) is 0.916. The minimum absolute atomic E-state index is 0.00645. The van der Waals surface area contributed by atoms with Crippen molar-refractivity contribution in [3.8, 4) is 0 Å². The summed E-state index contributed by atoms with van der Waals surface area (Å²) in [7, 11) is 0. The molecule has 1 fully saturated rings. The highest BCUT2D eigenvalue weighted by Crippen LogP contribution is 2.14. The van der Waals surface area contributed by atoms with E-state index < -0.39 is 11.5 Å². The van der Waals surface area contributed by atoms with Gasteiger partial charge in [0.15, 0.2) is 0 Å². The molecule has 0 spiro atoms. The zero-order chi connectivity index (χ0) is 17.7. The Morgan fingerprint density at radius 2 is 1.67 bits per heavy atom. The van der Waals surface area contributed by atoms with Crippen molar-refractivity contribution in [3.05, 3.63) is 35.9 Å². The second-order valence-electron chi connectivity index (χ2n) is 7.53. The standard InChI is InChI=1S/C19H29N3O2/c1-15(20-18(24)19(2,3)4)17(23)22-12-10-21(11-13-22)14-16-8-6-5-7-9-16/h5-9,15H,10-14H2,1-4H3,(H,20,24). The Bertz CT molecular complexity index is 558. The van der Waals surface area contributed by atoms with Gasteiger partial charge in [-0.05, 0) is 12.5 Å². The summed E-state index contributed by atoms with van der Waals surface area (Å²) in [6.07, 6.45) is 0. The first-order chi connectivity index (χ1) is 11.3. The Hall–Kier alpha value is -1.88. The first kappa shape index (κ1) is 18.5. The third-order valence-electron chi connectivity index (χ3n) is 4.33. The van der Waals surface area contributed by atoms with Gasteiger partial charge in [-0.25, -0.2) is 0 Å². The Morgan fingerprint density at radius 1 is 1.08 bits per heavy atom. The van der Waals surface area contributed by atoms with Crippen molar-refractivity contribution in [2.45, 2.75) is 40.3 Å². The lowest BCUT2D eigenvalue weighted by Gasteiger charge is -2.36. The van der Waals surface area contributed by atoms with Gasteiger partial charge in [0, 0.05) is 38.1 Å². The van der Waals surface area contributed by atoms with Crippen LogP contribution in [0.2, 0.25) is 0 Å². The maximum atomic E-state index is 12.5. The Balaban J connectivity index is 1.81. The molecule has 0 bridgehead atoms. The molecule has 1 aliphatic rings.